The smallest absolute Gasteiger partial charge is 0.277 e. The van der Waals surface area contributed by atoms with Crippen LogP contribution in [0.25, 0.3) is 5.78 Å². The third kappa shape index (κ3) is 3.29. The third-order valence-corrected chi connectivity index (χ3v) is 5.14. The molecular formula is C19H23N7O2. The lowest BCUT2D eigenvalue weighted by atomic mass is 10.1. The van der Waals surface area contributed by atoms with Crippen molar-refractivity contribution in [3.8, 4) is 0 Å². The molecule has 1 fully saturated rings. The number of anilines is 1. The molecule has 1 saturated heterocycles. The van der Waals surface area contributed by atoms with Crippen LogP contribution in [-0.4, -0.2) is 48.5 Å². The van der Waals surface area contributed by atoms with Crippen LogP contribution < -0.4 is 10.9 Å². The van der Waals surface area contributed by atoms with Crippen LogP contribution in [0.4, 0.5) is 5.95 Å². The van der Waals surface area contributed by atoms with E-state index in [1.54, 1.807) is 19.3 Å². The van der Waals surface area contributed by atoms with Gasteiger partial charge in [-0.3, -0.25) is 29.9 Å². The molecule has 1 aliphatic rings. The Morgan fingerprint density at radius 1 is 1.32 bits per heavy atom. The average molecular weight is 381 g/mol. The zero-order valence-electron chi connectivity index (χ0n) is 16.0. The number of nitrogens with one attached hydrogen (secondary N) is 2. The third-order valence-electron chi connectivity index (χ3n) is 5.14. The molecule has 9 nitrogen and oxygen atoms in total. The van der Waals surface area contributed by atoms with Gasteiger partial charge in [0.05, 0.1) is 5.69 Å². The number of H-pyrrole nitrogens is 1. The second kappa shape index (κ2) is 7.51. The van der Waals surface area contributed by atoms with E-state index in [9.17, 15) is 9.59 Å². The fourth-order valence-electron chi connectivity index (χ4n) is 3.77. The van der Waals surface area contributed by atoms with E-state index in [0.717, 1.165) is 31.5 Å². The molecule has 0 radical (unpaired) electrons. The van der Waals surface area contributed by atoms with Crippen molar-refractivity contribution in [1.29, 1.82) is 0 Å². The Kier molecular flexibility index (Phi) is 4.91. The van der Waals surface area contributed by atoms with Crippen molar-refractivity contribution in [2.45, 2.75) is 39.2 Å². The molecule has 3 aromatic heterocycles. The predicted octanol–water partition coefficient (Wildman–Crippen LogP) is 1.46. The van der Waals surface area contributed by atoms with Crippen LogP contribution in [0.3, 0.4) is 0 Å². The van der Waals surface area contributed by atoms with E-state index in [-0.39, 0.29) is 23.2 Å². The van der Waals surface area contributed by atoms with E-state index in [4.69, 9.17) is 0 Å². The van der Waals surface area contributed by atoms with E-state index >= 15 is 0 Å². The summed E-state index contributed by atoms with van der Waals surface area (Å²) in [6.45, 7) is 5.41. The monoisotopic (exact) mass is 381 g/mol. The number of pyridine rings is 1. The first-order valence-electron chi connectivity index (χ1n) is 9.51. The van der Waals surface area contributed by atoms with Gasteiger partial charge in [-0.2, -0.15) is 9.50 Å². The summed E-state index contributed by atoms with van der Waals surface area (Å²) in [7, 11) is 0. The predicted molar refractivity (Wildman–Crippen MR) is 104 cm³/mol. The maximum absolute atomic E-state index is 13.1. The van der Waals surface area contributed by atoms with Crippen LogP contribution in [-0.2, 0) is 11.2 Å². The number of nitrogens with zero attached hydrogens (tertiary/aromatic N) is 5. The molecule has 1 atom stereocenters. The largest absolute Gasteiger partial charge is 0.293 e. The van der Waals surface area contributed by atoms with E-state index in [0.29, 0.717) is 17.7 Å². The molecule has 3 aromatic rings. The normalized spacial score (nSPS) is 15.8. The molecular weight excluding hydrogens is 358 g/mol. The van der Waals surface area contributed by atoms with Crippen molar-refractivity contribution >= 4 is 17.6 Å². The van der Waals surface area contributed by atoms with Gasteiger partial charge in [-0.1, -0.05) is 13.0 Å². The van der Waals surface area contributed by atoms with Gasteiger partial charge in [0.15, 0.2) is 0 Å². The highest BCUT2D eigenvalue weighted by Crippen LogP contribution is 2.25. The molecule has 9 heteroatoms. The van der Waals surface area contributed by atoms with Gasteiger partial charge in [-0.25, -0.2) is 4.98 Å². The maximum Gasteiger partial charge on any atom is 0.277 e. The van der Waals surface area contributed by atoms with Crippen molar-refractivity contribution < 1.29 is 4.79 Å². The zero-order chi connectivity index (χ0) is 19.7. The van der Waals surface area contributed by atoms with Crippen molar-refractivity contribution in [1.82, 2.24) is 29.5 Å². The molecule has 0 bridgehead atoms. The van der Waals surface area contributed by atoms with Crippen LogP contribution in [0.1, 0.15) is 42.6 Å². The second-order valence-electron chi connectivity index (χ2n) is 6.96. The van der Waals surface area contributed by atoms with Gasteiger partial charge in [0, 0.05) is 18.0 Å². The van der Waals surface area contributed by atoms with Gasteiger partial charge < -0.3 is 0 Å². The summed E-state index contributed by atoms with van der Waals surface area (Å²) in [6.07, 6.45) is 6.11. The number of aromatic amines is 1. The Balaban J connectivity index is 1.66. The fourth-order valence-corrected chi connectivity index (χ4v) is 3.77. The minimum atomic E-state index is -0.456. The highest BCUT2D eigenvalue weighted by atomic mass is 16.2. The van der Waals surface area contributed by atoms with Gasteiger partial charge in [-0.05, 0) is 50.9 Å². The fraction of sp³-hybridized carbons (Fsp3) is 0.421. The molecule has 0 saturated carbocycles. The number of likely N-dealkylation sites (tertiary alicyclic amines) is 1. The zero-order valence-corrected chi connectivity index (χ0v) is 16.0. The van der Waals surface area contributed by atoms with Crippen molar-refractivity contribution in [2.24, 2.45) is 0 Å². The SMILES string of the molecule is CCc1c(C)nc2nc(NC(=O)C(c3cccnc3)N3CCCC3)[nH]n2c1=O. The summed E-state index contributed by atoms with van der Waals surface area (Å²) >= 11 is 0. The van der Waals surface area contributed by atoms with Crippen molar-refractivity contribution in [3.05, 3.63) is 51.7 Å². The van der Waals surface area contributed by atoms with Gasteiger partial charge in [0.2, 0.25) is 11.9 Å². The van der Waals surface area contributed by atoms with Crippen molar-refractivity contribution in [3.63, 3.8) is 0 Å². The molecule has 0 aliphatic carbocycles. The quantitative estimate of drug-likeness (QED) is 0.693. The van der Waals surface area contributed by atoms with Gasteiger partial charge in [-0.15, -0.1) is 0 Å². The lowest BCUT2D eigenvalue weighted by molar-refractivity contribution is -0.121. The number of amides is 1. The summed E-state index contributed by atoms with van der Waals surface area (Å²) in [5.41, 5.74) is 1.92. The van der Waals surface area contributed by atoms with Gasteiger partial charge in [0.1, 0.15) is 6.04 Å². The van der Waals surface area contributed by atoms with Gasteiger partial charge in [0.25, 0.3) is 11.3 Å². The van der Waals surface area contributed by atoms with Crippen LogP contribution in [0.15, 0.2) is 29.3 Å². The summed E-state index contributed by atoms with van der Waals surface area (Å²) in [4.78, 5) is 40.6. The molecule has 1 unspecified atom stereocenters. The first-order valence-corrected chi connectivity index (χ1v) is 9.51. The Labute approximate surface area is 161 Å². The summed E-state index contributed by atoms with van der Waals surface area (Å²) in [5, 5.41) is 5.67. The van der Waals surface area contributed by atoms with E-state index in [1.165, 1.54) is 4.52 Å². The molecule has 0 aromatic carbocycles. The number of aryl methyl sites for hydroxylation is 1. The minimum absolute atomic E-state index is 0.193. The first kappa shape index (κ1) is 18.3. The second-order valence-corrected chi connectivity index (χ2v) is 6.96. The Hall–Kier alpha value is -3.07. The molecule has 146 valence electrons. The lowest BCUT2D eigenvalue weighted by Gasteiger charge is -2.26. The average Bonchev–Trinajstić information content (AvgIpc) is 3.33. The number of carbonyl (C=O) groups excluding carboxylic acids is 1. The molecule has 1 aliphatic heterocycles. The molecule has 0 spiro atoms. The molecule has 28 heavy (non-hydrogen) atoms. The molecule has 4 rings (SSSR count). The highest BCUT2D eigenvalue weighted by molar-refractivity contribution is 5.94. The first-order chi connectivity index (χ1) is 13.6. The minimum Gasteiger partial charge on any atom is -0.293 e. The Morgan fingerprint density at radius 3 is 2.79 bits per heavy atom. The lowest BCUT2D eigenvalue weighted by Crippen LogP contribution is -2.35. The van der Waals surface area contributed by atoms with Crippen LogP contribution in [0.5, 0.6) is 0 Å². The topological polar surface area (TPSA) is 108 Å². The highest BCUT2D eigenvalue weighted by Gasteiger charge is 2.30. The summed E-state index contributed by atoms with van der Waals surface area (Å²) in [6, 6.07) is 3.27. The number of hydrogen-bond acceptors (Lipinski definition) is 6. The molecule has 4 heterocycles. The van der Waals surface area contributed by atoms with Crippen LogP contribution in [0.2, 0.25) is 0 Å². The number of aromatic nitrogens is 5. The van der Waals surface area contributed by atoms with Crippen LogP contribution in [0, 0.1) is 6.92 Å². The molecule has 2 N–H and O–H groups in total. The van der Waals surface area contributed by atoms with Gasteiger partial charge >= 0.3 is 0 Å². The van der Waals surface area contributed by atoms with E-state index in [2.05, 4.69) is 30.3 Å². The number of hydrogen-bond donors (Lipinski definition) is 2. The summed E-state index contributed by atoms with van der Waals surface area (Å²) in [5.74, 6) is 0.235. The Morgan fingerprint density at radius 2 is 2.11 bits per heavy atom. The molecule has 1 amide bonds. The summed E-state index contributed by atoms with van der Waals surface area (Å²) < 4.78 is 1.27. The Bertz CT molecular complexity index is 1050. The number of fused-ring (bicyclic) bond motifs is 1. The number of rotatable bonds is 5. The standard InChI is InChI=1S/C19H23N7O2/c1-3-14-12(2)21-19-23-18(24-26(19)17(14)28)22-16(27)15(25-9-4-5-10-25)13-7-6-8-20-11-13/h6-8,11,15H,3-5,9-10H2,1-2H3,(H2,21,22,23,24,27). The van der Waals surface area contributed by atoms with Crippen molar-refractivity contribution in [2.75, 3.05) is 18.4 Å². The maximum atomic E-state index is 13.1. The van der Waals surface area contributed by atoms with Crippen LogP contribution >= 0.6 is 0 Å². The van der Waals surface area contributed by atoms with E-state index in [1.807, 2.05) is 19.1 Å². The number of carbonyl (C=O) groups is 1. The van der Waals surface area contributed by atoms with E-state index < -0.39 is 6.04 Å².